The van der Waals surface area contributed by atoms with Gasteiger partial charge in [0.15, 0.2) is 11.5 Å². The molecule has 22 heavy (non-hydrogen) atoms. The van der Waals surface area contributed by atoms with E-state index in [-0.39, 0.29) is 17.7 Å². The monoisotopic (exact) mass is 336 g/mol. The molecule has 112 valence electrons. The van der Waals surface area contributed by atoms with Crippen molar-refractivity contribution in [1.29, 1.82) is 0 Å². The number of nitrogen functional groups attached to an aromatic ring is 1. The maximum Gasteiger partial charge on any atom is 0.281 e. The lowest BCUT2D eigenvalue weighted by Gasteiger charge is -2.05. The second-order valence-corrected chi connectivity index (χ2v) is 5.20. The molecule has 0 spiro atoms. The molecule has 9 heteroatoms. The quantitative estimate of drug-likeness (QED) is 0.754. The molecule has 0 fully saturated rings. The van der Waals surface area contributed by atoms with Crippen LogP contribution < -0.4 is 11.1 Å². The number of para-hydroxylation sites is 1. The van der Waals surface area contributed by atoms with Gasteiger partial charge in [-0.1, -0.05) is 29.3 Å². The Labute approximate surface area is 135 Å². The van der Waals surface area contributed by atoms with Gasteiger partial charge in [0.25, 0.3) is 11.8 Å². The molecule has 3 rings (SSSR count). The topological polar surface area (TPSA) is 103 Å². The highest BCUT2D eigenvalue weighted by Gasteiger charge is 2.16. The van der Waals surface area contributed by atoms with E-state index in [0.717, 1.165) is 0 Å². The van der Waals surface area contributed by atoms with Crippen LogP contribution in [0.2, 0.25) is 10.0 Å². The highest BCUT2D eigenvalue weighted by Crippen LogP contribution is 2.32. The summed E-state index contributed by atoms with van der Waals surface area (Å²) in [5.41, 5.74) is 7.27. The standard InChI is InChI=1S/C13H10Cl2N6O/c1-6-5-17-11(16)10(18-6)12-20-13(21-22-12)19-9-7(14)3-2-4-8(9)15/h2-5H,1H3,(H2,16,17)(H,19,21). The molecule has 3 aromatic rings. The summed E-state index contributed by atoms with van der Waals surface area (Å²) in [6.45, 7) is 1.79. The van der Waals surface area contributed by atoms with E-state index in [4.69, 9.17) is 33.5 Å². The second-order valence-electron chi connectivity index (χ2n) is 4.39. The van der Waals surface area contributed by atoms with Gasteiger partial charge in [0, 0.05) is 0 Å². The molecule has 0 saturated carbocycles. The Hall–Kier alpha value is -2.38. The average molecular weight is 337 g/mol. The Balaban J connectivity index is 1.93. The fraction of sp³-hybridized carbons (Fsp3) is 0.0769. The average Bonchev–Trinajstić information content (AvgIpc) is 2.94. The van der Waals surface area contributed by atoms with Crippen LogP contribution >= 0.6 is 23.2 Å². The van der Waals surface area contributed by atoms with E-state index in [2.05, 4.69) is 25.4 Å². The van der Waals surface area contributed by atoms with Gasteiger partial charge in [0.05, 0.1) is 27.6 Å². The van der Waals surface area contributed by atoms with Crippen molar-refractivity contribution < 1.29 is 4.52 Å². The minimum Gasteiger partial charge on any atom is -0.382 e. The molecule has 2 aromatic heterocycles. The van der Waals surface area contributed by atoms with Crippen LogP contribution in [0.5, 0.6) is 0 Å². The molecule has 0 aliphatic heterocycles. The van der Waals surface area contributed by atoms with Crippen molar-refractivity contribution >= 4 is 40.7 Å². The van der Waals surface area contributed by atoms with E-state index in [9.17, 15) is 0 Å². The molecule has 0 atom stereocenters. The first kappa shape index (κ1) is 14.6. The largest absolute Gasteiger partial charge is 0.382 e. The Kier molecular flexibility index (Phi) is 3.82. The minimum atomic E-state index is 0.152. The second kappa shape index (κ2) is 5.78. The number of rotatable bonds is 3. The van der Waals surface area contributed by atoms with E-state index in [0.29, 0.717) is 27.1 Å². The van der Waals surface area contributed by atoms with Crippen molar-refractivity contribution in [3.63, 3.8) is 0 Å². The van der Waals surface area contributed by atoms with Crippen LogP contribution in [0, 0.1) is 6.92 Å². The highest BCUT2D eigenvalue weighted by molar-refractivity contribution is 6.39. The number of nitrogens with two attached hydrogens (primary N) is 1. The molecular weight excluding hydrogens is 327 g/mol. The summed E-state index contributed by atoms with van der Waals surface area (Å²) in [6.07, 6.45) is 1.55. The van der Waals surface area contributed by atoms with Gasteiger partial charge in [-0.25, -0.2) is 9.97 Å². The number of aromatic nitrogens is 4. The number of nitrogens with one attached hydrogen (secondary N) is 1. The summed E-state index contributed by atoms with van der Waals surface area (Å²) in [5, 5.41) is 7.58. The molecule has 0 radical (unpaired) electrons. The van der Waals surface area contributed by atoms with Crippen molar-refractivity contribution in [3.05, 3.63) is 40.1 Å². The first-order valence-corrected chi connectivity index (χ1v) is 6.94. The molecular formula is C13H10Cl2N6O. The summed E-state index contributed by atoms with van der Waals surface area (Å²) in [4.78, 5) is 12.4. The van der Waals surface area contributed by atoms with Crippen LogP contribution in [0.1, 0.15) is 5.69 Å². The summed E-state index contributed by atoms with van der Waals surface area (Å²) < 4.78 is 5.15. The third-order valence-electron chi connectivity index (χ3n) is 2.75. The van der Waals surface area contributed by atoms with Crippen LogP contribution in [0.25, 0.3) is 11.6 Å². The predicted octanol–water partition coefficient (Wildman–Crippen LogP) is 3.47. The van der Waals surface area contributed by atoms with Crippen molar-refractivity contribution in [2.24, 2.45) is 0 Å². The number of benzene rings is 1. The number of hydrogen-bond acceptors (Lipinski definition) is 7. The van der Waals surface area contributed by atoms with Gasteiger partial charge < -0.3 is 15.6 Å². The first-order chi connectivity index (χ1) is 10.5. The lowest BCUT2D eigenvalue weighted by atomic mass is 10.3. The Morgan fingerprint density at radius 3 is 2.64 bits per heavy atom. The lowest BCUT2D eigenvalue weighted by Crippen LogP contribution is -1.99. The number of halogens is 2. The lowest BCUT2D eigenvalue weighted by molar-refractivity contribution is 0.431. The van der Waals surface area contributed by atoms with Crippen molar-refractivity contribution in [3.8, 4) is 11.6 Å². The maximum absolute atomic E-state index is 6.07. The third-order valence-corrected chi connectivity index (χ3v) is 3.38. The Morgan fingerprint density at radius 1 is 1.18 bits per heavy atom. The molecule has 0 saturated heterocycles. The van der Waals surface area contributed by atoms with E-state index in [1.807, 2.05) is 0 Å². The van der Waals surface area contributed by atoms with Crippen LogP contribution in [-0.2, 0) is 0 Å². The SMILES string of the molecule is Cc1cnc(N)c(-c2nc(Nc3c(Cl)cccc3Cl)no2)n1. The van der Waals surface area contributed by atoms with Crippen molar-refractivity contribution in [2.45, 2.75) is 6.92 Å². The van der Waals surface area contributed by atoms with Crippen LogP contribution in [0.3, 0.4) is 0 Å². The first-order valence-electron chi connectivity index (χ1n) is 6.19. The summed E-state index contributed by atoms with van der Waals surface area (Å²) in [6, 6.07) is 5.13. The molecule has 0 aliphatic rings. The molecule has 7 nitrogen and oxygen atoms in total. The van der Waals surface area contributed by atoms with Gasteiger partial charge in [0.1, 0.15) is 0 Å². The van der Waals surface area contributed by atoms with Crippen LogP contribution in [0.4, 0.5) is 17.5 Å². The van der Waals surface area contributed by atoms with E-state index >= 15 is 0 Å². The molecule has 1 aromatic carbocycles. The van der Waals surface area contributed by atoms with Gasteiger partial charge in [-0.15, -0.1) is 0 Å². The van der Waals surface area contributed by atoms with Crippen LogP contribution in [-0.4, -0.2) is 20.1 Å². The molecule has 2 heterocycles. The molecule has 0 unspecified atom stereocenters. The zero-order valence-corrected chi connectivity index (χ0v) is 12.9. The number of anilines is 3. The van der Waals surface area contributed by atoms with E-state index in [1.54, 1.807) is 31.3 Å². The molecule has 0 amide bonds. The maximum atomic E-state index is 6.07. The minimum absolute atomic E-state index is 0.152. The summed E-state index contributed by atoms with van der Waals surface area (Å²) in [5.74, 6) is 0.545. The zero-order valence-electron chi connectivity index (χ0n) is 11.3. The zero-order chi connectivity index (χ0) is 15.7. The van der Waals surface area contributed by atoms with E-state index < -0.39 is 0 Å². The van der Waals surface area contributed by atoms with E-state index in [1.165, 1.54) is 0 Å². The molecule has 0 aliphatic carbocycles. The highest BCUT2D eigenvalue weighted by atomic mass is 35.5. The third kappa shape index (κ3) is 2.81. The van der Waals surface area contributed by atoms with Crippen LogP contribution in [0.15, 0.2) is 28.9 Å². The normalized spacial score (nSPS) is 10.7. The van der Waals surface area contributed by atoms with Gasteiger partial charge >= 0.3 is 0 Å². The summed E-state index contributed by atoms with van der Waals surface area (Å²) >= 11 is 12.1. The van der Waals surface area contributed by atoms with Crippen molar-refractivity contribution in [2.75, 3.05) is 11.1 Å². The Morgan fingerprint density at radius 2 is 1.91 bits per heavy atom. The fourth-order valence-corrected chi connectivity index (χ4v) is 2.24. The number of aryl methyl sites for hydroxylation is 1. The fourth-order valence-electron chi connectivity index (χ4n) is 1.74. The van der Waals surface area contributed by atoms with Crippen molar-refractivity contribution in [1.82, 2.24) is 20.1 Å². The molecule has 3 N–H and O–H groups in total. The smallest absolute Gasteiger partial charge is 0.281 e. The summed E-state index contributed by atoms with van der Waals surface area (Å²) in [7, 11) is 0. The predicted molar refractivity (Wildman–Crippen MR) is 84.2 cm³/mol. The molecule has 0 bridgehead atoms. The van der Waals surface area contributed by atoms with Gasteiger partial charge in [-0.05, 0) is 24.2 Å². The van der Waals surface area contributed by atoms with Gasteiger partial charge in [-0.3, -0.25) is 0 Å². The van der Waals surface area contributed by atoms with Gasteiger partial charge in [0.2, 0.25) is 0 Å². The Bertz CT molecular complexity index is 815. The number of nitrogens with zero attached hydrogens (tertiary/aromatic N) is 4. The van der Waals surface area contributed by atoms with Gasteiger partial charge in [-0.2, -0.15) is 4.98 Å². The number of hydrogen-bond donors (Lipinski definition) is 2.